The smallest absolute Gasteiger partial charge is 0.494 e. The Hall–Kier alpha value is -1.91. The molecule has 2 amide bonds. The molecule has 1 aromatic carbocycles. The van der Waals surface area contributed by atoms with E-state index in [-0.39, 0.29) is 99.8 Å². The number of primary amides is 1. The van der Waals surface area contributed by atoms with Gasteiger partial charge in [0.05, 0.1) is 43.5 Å². The van der Waals surface area contributed by atoms with Crippen molar-refractivity contribution in [2.45, 2.75) is 43.9 Å². The van der Waals surface area contributed by atoms with Gasteiger partial charge in [0.15, 0.2) is 5.79 Å². The molecule has 3 aromatic rings. The number of carbonyl (C=O) groups excluding carboxylic acids is 2. The number of anilines is 3. The van der Waals surface area contributed by atoms with Gasteiger partial charge in [-0.05, 0) is 25.3 Å². The molecule has 3 aliphatic rings. The minimum absolute atomic E-state index is 0. The molecule has 1 atom stereocenters. The summed E-state index contributed by atoms with van der Waals surface area (Å²) in [5.41, 5.74) is 8.52. The number of rotatable bonds is 8. The molecule has 1 aliphatic heterocycles. The molecule has 40 heavy (non-hydrogen) atoms. The number of hydrogen-bond donors (Lipinski definition) is 3. The van der Waals surface area contributed by atoms with Crippen LogP contribution in [0.4, 0.5) is 17.2 Å². The molecule has 1 unspecified atom stereocenters. The zero-order chi connectivity index (χ0) is 26.3. The van der Waals surface area contributed by atoms with Crippen LogP contribution < -0.4 is 90.0 Å². The van der Waals surface area contributed by atoms with Crippen LogP contribution in [0.1, 0.15) is 48.5 Å². The summed E-state index contributed by atoms with van der Waals surface area (Å²) in [6.45, 7) is 1.20. The Morgan fingerprint density at radius 2 is 1.93 bits per heavy atom. The van der Waals surface area contributed by atoms with Crippen LogP contribution in [-0.2, 0) is 14.3 Å². The molecule has 6 rings (SSSR count). The van der Waals surface area contributed by atoms with E-state index in [0.717, 1.165) is 43.2 Å². The summed E-state index contributed by atoms with van der Waals surface area (Å²) in [4.78, 5) is 28.8. The third kappa shape index (κ3) is 5.86. The third-order valence-electron chi connectivity index (χ3n) is 7.67. The summed E-state index contributed by atoms with van der Waals surface area (Å²) in [7, 11) is 1.58. The van der Waals surface area contributed by atoms with Crippen LogP contribution in [0.3, 0.4) is 0 Å². The van der Waals surface area contributed by atoms with Crippen molar-refractivity contribution < 1.29 is 92.7 Å². The van der Waals surface area contributed by atoms with Gasteiger partial charge in [0, 0.05) is 41.9 Å². The van der Waals surface area contributed by atoms with E-state index in [4.69, 9.17) is 19.9 Å². The number of nitrogens with two attached hydrogens (primary N) is 1. The standard InChI is InChI=1S/C27H30N6O5.CH3.Cs/c1-36-24-18(17-13-30-33(15-17)22-8-9-27(22)37-10-11-38-27)6-3-7-20(24)31-21-12-23(29-14-19(21)25(28)34)32-26(35)16-4-2-5-16;;/h3,6-7,12-16,22H,2,4-5,8-11H2,1H3,(H2,28,34)(H2,29,31,32,35);1H3;/q;-1;+1. The van der Waals surface area contributed by atoms with Gasteiger partial charge in [0.1, 0.15) is 17.6 Å². The predicted octanol–water partition coefficient (Wildman–Crippen LogP) is 1.07. The molecule has 3 heterocycles. The van der Waals surface area contributed by atoms with Gasteiger partial charge in [-0.2, -0.15) is 5.10 Å². The molecule has 2 saturated carbocycles. The second-order valence-electron chi connectivity index (χ2n) is 9.88. The van der Waals surface area contributed by atoms with Crippen LogP contribution in [-0.4, -0.2) is 52.7 Å². The summed E-state index contributed by atoms with van der Waals surface area (Å²) in [6.07, 6.45) is 9.70. The van der Waals surface area contributed by atoms with Gasteiger partial charge in [-0.15, -0.1) is 0 Å². The van der Waals surface area contributed by atoms with E-state index in [1.165, 1.54) is 6.20 Å². The number of methoxy groups -OCH3 is 1. The Morgan fingerprint density at radius 1 is 1.15 bits per heavy atom. The van der Waals surface area contributed by atoms with Crippen molar-refractivity contribution in [3.05, 3.63) is 55.8 Å². The fourth-order valence-electron chi connectivity index (χ4n) is 5.25. The van der Waals surface area contributed by atoms with Gasteiger partial charge >= 0.3 is 68.9 Å². The number of benzene rings is 1. The Balaban J connectivity index is 0.00000185. The van der Waals surface area contributed by atoms with Gasteiger partial charge in [0.25, 0.3) is 5.91 Å². The SMILES string of the molecule is COc1c(Nc2cc(NC(=O)C3CCC3)ncc2C(N)=O)cccc1-c1cnn(C2CCC23OCCO3)c1.[CH3-].[Cs+]. The second kappa shape index (κ2) is 12.9. The fraction of sp³-hybridized carbons (Fsp3) is 0.393. The first-order chi connectivity index (χ1) is 18.5. The maximum atomic E-state index is 12.4. The van der Waals surface area contributed by atoms with Crippen molar-refractivity contribution in [3.8, 4) is 16.9 Å². The first-order valence-electron chi connectivity index (χ1n) is 12.8. The average Bonchev–Trinajstić information content (AvgIpc) is 3.54. The fourth-order valence-corrected chi connectivity index (χ4v) is 5.25. The Bertz CT molecular complexity index is 1390. The van der Waals surface area contributed by atoms with E-state index in [0.29, 0.717) is 36.2 Å². The Morgan fingerprint density at radius 3 is 2.55 bits per heavy atom. The van der Waals surface area contributed by atoms with Crippen LogP contribution >= 0.6 is 0 Å². The number of para-hydroxylation sites is 1. The quantitative estimate of drug-likeness (QED) is 0.304. The Labute approximate surface area is 292 Å². The maximum absolute atomic E-state index is 12.4. The molecule has 12 heteroatoms. The molecule has 11 nitrogen and oxygen atoms in total. The molecule has 206 valence electrons. The van der Waals surface area contributed by atoms with E-state index >= 15 is 0 Å². The first kappa shape index (κ1) is 31.0. The molecule has 1 saturated heterocycles. The van der Waals surface area contributed by atoms with Crippen molar-refractivity contribution in [1.82, 2.24) is 14.8 Å². The minimum atomic E-state index is -0.640. The number of amides is 2. The van der Waals surface area contributed by atoms with Crippen molar-refractivity contribution in [2.75, 3.05) is 31.0 Å². The Kier molecular flexibility index (Phi) is 10.0. The summed E-state index contributed by atoms with van der Waals surface area (Å²) in [6, 6.07) is 7.30. The second-order valence-corrected chi connectivity index (χ2v) is 9.88. The number of nitrogens with zero attached hydrogens (tertiary/aromatic N) is 3. The summed E-state index contributed by atoms with van der Waals surface area (Å²) < 4.78 is 19.5. The number of pyridine rings is 1. The van der Waals surface area contributed by atoms with Crippen molar-refractivity contribution in [2.24, 2.45) is 11.7 Å². The van der Waals surface area contributed by atoms with Gasteiger partial charge in [-0.1, -0.05) is 18.6 Å². The number of aromatic nitrogens is 3. The van der Waals surface area contributed by atoms with E-state index in [1.54, 1.807) is 19.4 Å². The van der Waals surface area contributed by atoms with Crippen LogP contribution in [0.15, 0.2) is 42.9 Å². The number of ether oxygens (including phenoxy) is 3. The number of carbonyl (C=O) groups is 2. The van der Waals surface area contributed by atoms with E-state index < -0.39 is 11.7 Å². The summed E-state index contributed by atoms with van der Waals surface area (Å²) >= 11 is 0. The largest absolute Gasteiger partial charge is 1.00 e. The van der Waals surface area contributed by atoms with Crippen LogP contribution in [0.25, 0.3) is 11.1 Å². The van der Waals surface area contributed by atoms with Gasteiger partial charge < -0.3 is 38.0 Å². The van der Waals surface area contributed by atoms with Crippen molar-refractivity contribution in [1.29, 1.82) is 0 Å². The van der Waals surface area contributed by atoms with Gasteiger partial charge in [-0.25, -0.2) is 4.98 Å². The average molecular weight is 667 g/mol. The predicted molar refractivity (Wildman–Crippen MR) is 146 cm³/mol. The molecule has 4 N–H and O–H groups in total. The monoisotopic (exact) mass is 666 g/mol. The van der Waals surface area contributed by atoms with E-state index in [2.05, 4.69) is 20.7 Å². The zero-order valence-electron chi connectivity index (χ0n) is 23.1. The van der Waals surface area contributed by atoms with Crippen molar-refractivity contribution >= 4 is 29.0 Å². The molecule has 2 aromatic heterocycles. The summed E-state index contributed by atoms with van der Waals surface area (Å²) in [5.74, 6) is -0.371. The summed E-state index contributed by atoms with van der Waals surface area (Å²) in [5, 5.41) is 10.7. The molecule has 0 bridgehead atoms. The maximum Gasteiger partial charge on any atom is 1.00 e. The van der Waals surface area contributed by atoms with Crippen LogP contribution in [0.5, 0.6) is 5.75 Å². The van der Waals surface area contributed by atoms with Gasteiger partial charge in [0.2, 0.25) is 5.91 Å². The third-order valence-corrected chi connectivity index (χ3v) is 7.67. The molecular formula is C28H33CsN6O5. The van der Waals surface area contributed by atoms with E-state index in [9.17, 15) is 9.59 Å². The number of hydrogen-bond acceptors (Lipinski definition) is 8. The van der Waals surface area contributed by atoms with Gasteiger partial charge in [-0.3, -0.25) is 14.3 Å². The first-order valence-corrected chi connectivity index (χ1v) is 12.8. The molecule has 0 radical (unpaired) electrons. The normalized spacial score (nSPS) is 19.0. The molecule has 1 spiro atoms. The number of nitrogens with one attached hydrogen (secondary N) is 2. The van der Waals surface area contributed by atoms with Crippen molar-refractivity contribution in [3.63, 3.8) is 0 Å². The van der Waals surface area contributed by atoms with E-state index in [1.807, 2.05) is 29.1 Å². The van der Waals surface area contributed by atoms with Crippen LogP contribution in [0.2, 0.25) is 0 Å². The van der Waals surface area contributed by atoms with Crippen LogP contribution in [0, 0.1) is 13.3 Å². The zero-order valence-corrected chi connectivity index (χ0v) is 29.4. The topological polar surface area (TPSA) is 143 Å². The minimum Gasteiger partial charge on any atom is -0.494 e. The molecule has 2 aliphatic carbocycles. The molecular weight excluding hydrogens is 633 g/mol. The molecule has 3 fully saturated rings.